The Morgan fingerprint density at radius 3 is 1.45 bits per heavy atom. The van der Waals surface area contributed by atoms with Gasteiger partial charge in [-0.1, -0.05) is 170 Å². The minimum Gasteiger partial charge on any atom is -0.248 e. The second-order valence-corrected chi connectivity index (χ2v) is 13.9. The highest BCUT2D eigenvalue weighted by molar-refractivity contribution is 6.17. The molecule has 1 aromatic heterocycles. The van der Waals surface area contributed by atoms with E-state index in [0.717, 1.165) is 28.1 Å². The van der Waals surface area contributed by atoms with Gasteiger partial charge in [0.15, 0.2) is 0 Å². The Bertz CT molecular complexity index is 2710. The summed E-state index contributed by atoms with van der Waals surface area (Å²) in [6.45, 7) is 0. The van der Waals surface area contributed by atoms with Crippen LogP contribution in [0.5, 0.6) is 0 Å². The van der Waals surface area contributed by atoms with Crippen molar-refractivity contribution in [3.05, 3.63) is 210 Å². The van der Waals surface area contributed by atoms with E-state index in [1.54, 1.807) is 0 Å². The monoisotopic (exact) mass is 645 g/mol. The lowest BCUT2D eigenvalue weighted by Crippen LogP contribution is -2.26. The average Bonchev–Trinajstić information content (AvgIpc) is 3.68. The van der Waals surface area contributed by atoms with Crippen molar-refractivity contribution in [2.24, 2.45) is 0 Å². The molecular weight excluding hydrogens is 615 g/mol. The lowest BCUT2D eigenvalue weighted by Gasteiger charge is -2.30. The summed E-state index contributed by atoms with van der Waals surface area (Å²) in [4.78, 5) is 5.16. The van der Waals surface area contributed by atoms with Crippen LogP contribution in [-0.2, 0) is 5.41 Å². The van der Waals surface area contributed by atoms with Crippen LogP contribution in [0.1, 0.15) is 22.3 Å². The molecule has 0 amide bonds. The molecule has 0 saturated heterocycles. The Hall–Kier alpha value is -6.57. The zero-order chi connectivity index (χ0) is 33.5. The first-order valence-corrected chi connectivity index (χ1v) is 17.7. The quantitative estimate of drug-likeness (QED) is 0.174. The van der Waals surface area contributed by atoms with Crippen LogP contribution in [0.15, 0.2) is 188 Å². The SMILES string of the molecule is c1ccc(-c2cc(-c3ccccc3)nc(-c3ccc(-c4ccc5c(c4)-c4ccccc4C54c5cccc6ccc7cccc4c7c56)cc3)c2)cc1. The summed E-state index contributed by atoms with van der Waals surface area (Å²) in [5.41, 5.74) is 16.8. The molecule has 0 aliphatic heterocycles. The number of nitrogens with zero attached hydrogens (tertiary/aromatic N) is 1. The predicted octanol–water partition coefficient (Wildman–Crippen LogP) is 12.7. The molecule has 0 saturated carbocycles. The summed E-state index contributed by atoms with van der Waals surface area (Å²) in [6, 6.07) is 68.9. The number of rotatable bonds is 4. The van der Waals surface area contributed by atoms with Crippen molar-refractivity contribution in [1.29, 1.82) is 0 Å². The number of pyridine rings is 1. The van der Waals surface area contributed by atoms with Crippen molar-refractivity contribution < 1.29 is 0 Å². The van der Waals surface area contributed by atoms with Gasteiger partial charge in [0.25, 0.3) is 0 Å². The van der Waals surface area contributed by atoms with Gasteiger partial charge in [0.05, 0.1) is 16.8 Å². The fourth-order valence-electron chi connectivity index (χ4n) is 9.04. The molecule has 1 heterocycles. The second kappa shape index (κ2) is 10.7. The molecule has 1 spiro atoms. The first-order chi connectivity index (χ1) is 25.3. The maximum Gasteiger partial charge on any atom is 0.0725 e. The van der Waals surface area contributed by atoms with Crippen LogP contribution in [0, 0.1) is 0 Å². The molecule has 11 rings (SSSR count). The lowest BCUT2D eigenvalue weighted by molar-refractivity contribution is 0.797. The largest absolute Gasteiger partial charge is 0.248 e. The number of aromatic nitrogens is 1. The van der Waals surface area contributed by atoms with Gasteiger partial charge in [0.1, 0.15) is 0 Å². The normalized spacial score (nSPS) is 13.3. The molecular formula is C50H31N. The van der Waals surface area contributed by atoms with Crippen LogP contribution in [0.3, 0.4) is 0 Å². The van der Waals surface area contributed by atoms with E-state index in [1.807, 2.05) is 0 Å². The maximum atomic E-state index is 5.16. The highest BCUT2D eigenvalue weighted by atomic mass is 14.7. The van der Waals surface area contributed by atoms with Crippen molar-refractivity contribution >= 4 is 21.5 Å². The van der Waals surface area contributed by atoms with Gasteiger partial charge in [0, 0.05) is 11.1 Å². The van der Waals surface area contributed by atoms with E-state index >= 15 is 0 Å². The van der Waals surface area contributed by atoms with Crippen LogP contribution < -0.4 is 0 Å². The van der Waals surface area contributed by atoms with Crippen molar-refractivity contribution in [1.82, 2.24) is 4.98 Å². The molecule has 0 unspecified atom stereocenters. The minimum atomic E-state index is -0.330. The van der Waals surface area contributed by atoms with E-state index in [-0.39, 0.29) is 5.41 Å². The summed E-state index contributed by atoms with van der Waals surface area (Å²) in [5.74, 6) is 0. The van der Waals surface area contributed by atoms with Gasteiger partial charge in [0.2, 0.25) is 0 Å². The molecule has 2 aliphatic rings. The molecule has 1 heteroatoms. The van der Waals surface area contributed by atoms with Gasteiger partial charge in [-0.15, -0.1) is 0 Å². The van der Waals surface area contributed by atoms with Crippen LogP contribution in [-0.4, -0.2) is 4.98 Å². The molecule has 0 bridgehead atoms. The van der Waals surface area contributed by atoms with Gasteiger partial charge in [-0.2, -0.15) is 0 Å². The Balaban J connectivity index is 1.04. The molecule has 2 aliphatic carbocycles. The molecule has 0 N–H and O–H groups in total. The Morgan fingerprint density at radius 1 is 0.294 bits per heavy atom. The van der Waals surface area contributed by atoms with Gasteiger partial charge in [-0.05, 0) is 95.4 Å². The number of benzene rings is 8. The highest BCUT2D eigenvalue weighted by Gasteiger charge is 2.50. The first kappa shape index (κ1) is 28.3. The summed E-state index contributed by atoms with van der Waals surface area (Å²) in [6.07, 6.45) is 0. The summed E-state index contributed by atoms with van der Waals surface area (Å²) < 4.78 is 0. The minimum absolute atomic E-state index is 0.330. The van der Waals surface area contributed by atoms with Gasteiger partial charge in [-0.3, -0.25) is 0 Å². The number of fused-ring (bicyclic) bond motifs is 7. The summed E-state index contributed by atoms with van der Waals surface area (Å²) in [7, 11) is 0. The summed E-state index contributed by atoms with van der Waals surface area (Å²) in [5, 5.41) is 5.42. The molecule has 8 aromatic carbocycles. The third-order valence-corrected chi connectivity index (χ3v) is 11.3. The Labute approximate surface area is 297 Å². The Kier molecular flexibility index (Phi) is 5.94. The van der Waals surface area contributed by atoms with Crippen molar-refractivity contribution in [2.45, 2.75) is 5.41 Å². The maximum absolute atomic E-state index is 5.16. The van der Waals surface area contributed by atoms with Crippen LogP contribution in [0.25, 0.3) is 77.4 Å². The van der Waals surface area contributed by atoms with Crippen LogP contribution in [0.2, 0.25) is 0 Å². The first-order valence-electron chi connectivity index (χ1n) is 17.7. The zero-order valence-corrected chi connectivity index (χ0v) is 27.8. The van der Waals surface area contributed by atoms with Crippen molar-refractivity contribution in [2.75, 3.05) is 0 Å². The van der Waals surface area contributed by atoms with Crippen LogP contribution in [0.4, 0.5) is 0 Å². The molecule has 236 valence electrons. The third-order valence-electron chi connectivity index (χ3n) is 11.3. The van der Waals surface area contributed by atoms with Crippen molar-refractivity contribution in [3.8, 4) is 55.9 Å². The standard InChI is InChI=1S/C50H31N/c1-3-11-32(12-4-1)39-30-46(34-13-5-2-6-14-34)51-47(31-39)35-23-21-33(22-24-35)38-27-28-43-41(29-38)40-17-7-8-18-42(40)50(43)44-19-9-15-36-25-26-37-16-10-20-45(50)49(37)48(36)44/h1-31H. The smallest absolute Gasteiger partial charge is 0.0725 e. The van der Waals surface area contributed by atoms with Gasteiger partial charge in [-0.25, -0.2) is 4.98 Å². The highest BCUT2D eigenvalue weighted by Crippen LogP contribution is 2.62. The van der Waals surface area contributed by atoms with Crippen molar-refractivity contribution in [3.63, 3.8) is 0 Å². The topological polar surface area (TPSA) is 12.9 Å². The molecule has 1 nitrogen and oxygen atoms in total. The average molecular weight is 646 g/mol. The van der Waals surface area contributed by atoms with Gasteiger partial charge >= 0.3 is 0 Å². The third kappa shape index (κ3) is 4.00. The lowest BCUT2D eigenvalue weighted by atomic mass is 9.70. The second-order valence-electron chi connectivity index (χ2n) is 13.9. The van der Waals surface area contributed by atoms with E-state index in [0.29, 0.717) is 0 Å². The van der Waals surface area contributed by atoms with E-state index in [4.69, 9.17) is 4.98 Å². The van der Waals surface area contributed by atoms with E-state index in [1.165, 1.54) is 71.6 Å². The van der Waals surface area contributed by atoms with Gasteiger partial charge < -0.3 is 0 Å². The zero-order valence-electron chi connectivity index (χ0n) is 27.8. The van der Waals surface area contributed by atoms with E-state index in [2.05, 4.69) is 188 Å². The molecule has 9 aromatic rings. The van der Waals surface area contributed by atoms with E-state index < -0.39 is 0 Å². The Morgan fingerprint density at radius 2 is 0.784 bits per heavy atom. The van der Waals surface area contributed by atoms with E-state index in [9.17, 15) is 0 Å². The number of hydrogen-bond acceptors (Lipinski definition) is 1. The molecule has 0 radical (unpaired) electrons. The fraction of sp³-hybridized carbons (Fsp3) is 0.0200. The molecule has 0 atom stereocenters. The number of hydrogen-bond donors (Lipinski definition) is 0. The molecule has 51 heavy (non-hydrogen) atoms. The predicted molar refractivity (Wildman–Crippen MR) is 212 cm³/mol. The molecule has 0 fully saturated rings. The fourth-order valence-corrected chi connectivity index (χ4v) is 9.04. The van der Waals surface area contributed by atoms with Crippen LogP contribution >= 0.6 is 0 Å². The summed E-state index contributed by atoms with van der Waals surface area (Å²) >= 11 is 0.